The average Bonchev–Trinajstić information content (AvgIpc) is 2.89. The molecule has 1 aliphatic rings. The van der Waals surface area contributed by atoms with Crippen LogP contribution in [0.5, 0.6) is 0 Å². The molecule has 1 aliphatic heterocycles. The number of hydrogen-bond donors (Lipinski definition) is 2. The van der Waals surface area contributed by atoms with Gasteiger partial charge in [-0.05, 0) is 49.2 Å². The van der Waals surface area contributed by atoms with Gasteiger partial charge >= 0.3 is 12.2 Å². The largest absolute Gasteiger partial charge is 0.440 e. The van der Waals surface area contributed by atoms with Crippen LogP contribution in [-0.2, 0) is 4.79 Å². The molecule has 1 heterocycles. The molecular formula is C19H16F3N3O3. The molecule has 2 aromatic carbocycles. The number of carbonyl (C=O) groups is 3. The fourth-order valence-corrected chi connectivity index (χ4v) is 2.81. The first-order valence-corrected chi connectivity index (χ1v) is 8.25. The van der Waals surface area contributed by atoms with Crippen molar-refractivity contribution in [1.29, 1.82) is 0 Å². The molecule has 1 saturated heterocycles. The molecule has 146 valence electrons. The molecule has 1 fully saturated rings. The molecule has 1 atom stereocenters. The molecule has 6 nitrogen and oxygen atoms in total. The zero-order chi connectivity index (χ0) is 20.7. The van der Waals surface area contributed by atoms with Crippen molar-refractivity contribution in [2.45, 2.75) is 25.7 Å². The van der Waals surface area contributed by atoms with Gasteiger partial charge in [-0.2, -0.15) is 13.2 Å². The van der Waals surface area contributed by atoms with Gasteiger partial charge in [0.2, 0.25) is 0 Å². The van der Waals surface area contributed by atoms with E-state index in [1.807, 2.05) is 0 Å². The maximum Gasteiger partial charge on any atom is 0.440 e. The van der Waals surface area contributed by atoms with Crippen LogP contribution in [0.15, 0.2) is 48.5 Å². The van der Waals surface area contributed by atoms with Crippen LogP contribution in [0.25, 0.3) is 0 Å². The first-order valence-electron chi connectivity index (χ1n) is 8.25. The monoisotopic (exact) mass is 391 g/mol. The summed E-state index contributed by atoms with van der Waals surface area (Å²) in [4.78, 5) is 37.8. The van der Waals surface area contributed by atoms with Crippen LogP contribution in [0.3, 0.4) is 0 Å². The van der Waals surface area contributed by atoms with E-state index in [-0.39, 0.29) is 11.3 Å². The number of aryl methyl sites for hydroxylation is 2. The summed E-state index contributed by atoms with van der Waals surface area (Å²) >= 11 is 0. The van der Waals surface area contributed by atoms with Crippen LogP contribution in [0.1, 0.15) is 21.5 Å². The summed E-state index contributed by atoms with van der Waals surface area (Å²) in [6, 6.07) is 10.2. The lowest BCUT2D eigenvalue weighted by molar-refractivity contribution is -0.197. The minimum Gasteiger partial charge on any atom is -0.314 e. The summed E-state index contributed by atoms with van der Waals surface area (Å²) in [7, 11) is 0. The third-order valence-corrected chi connectivity index (χ3v) is 4.53. The van der Waals surface area contributed by atoms with Gasteiger partial charge in [0.1, 0.15) is 0 Å². The van der Waals surface area contributed by atoms with Gasteiger partial charge in [-0.15, -0.1) is 0 Å². The van der Waals surface area contributed by atoms with Crippen molar-refractivity contribution in [2.24, 2.45) is 0 Å². The number of imide groups is 1. The van der Waals surface area contributed by atoms with E-state index in [0.717, 1.165) is 5.56 Å². The van der Waals surface area contributed by atoms with E-state index in [0.29, 0.717) is 10.5 Å². The first kappa shape index (κ1) is 19.4. The molecule has 2 N–H and O–H groups in total. The number of carbonyl (C=O) groups excluding carboxylic acids is 3. The topological polar surface area (TPSA) is 78.5 Å². The Kier molecular flexibility index (Phi) is 4.62. The number of nitrogens with zero attached hydrogens (tertiary/aromatic N) is 1. The SMILES string of the molecule is Cc1ccc(N2C(=O)NC(NC(=O)c3ccccc3)(C(F)(F)F)C2=O)cc1C. The number of anilines is 1. The number of amides is 4. The van der Waals surface area contributed by atoms with Crippen LogP contribution in [0, 0.1) is 13.8 Å². The molecule has 2 aromatic rings. The zero-order valence-corrected chi connectivity index (χ0v) is 14.9. The molecule has 0 radical (unpaired) electrons. The Bertz CT molecular complexity index is 960. The number of nitrogens with one attached hydrogen (secondary N) is 2. The smallest absolute Gasteiger partial charge is 0.314 e. The molecule has 0 saturated carbocycles. The number of hydrogen-bond acceptors (Lipinski definition) is 3. The Morgan fingerprint density at radius 1 is 1.04 bits per heavy atom. The quantitative estimate of drug-likeness (QED) is 0.790. The van der Waals surface area contributed by atoms with Crippen molar-refractivity contribution in [2.75, 3.05) is 4.90 Å². The molecular weight excluding hydrogens is 375 g/mol. The second-order valence-corrected chi connectivity index (χ2v) is 6.41. The van der Waals surface area contributed by atoms with E-state index in [2.05, 4.69) is 0 Å². The number of halogens is 3. The van der Waals surface area contributed by atoms with Gasteiger partial charge < -0.3 is 5.32 Å². The minimum absolute atomic E-state index is 0.0225. The minimum atomic E-state index is -5.27. The number of rotatable bonds is 3. The van der Waals surface area contributed by atoms with Crippen molar-refractivity contribution in [3.63, 3.8) is 0 Å². The van der Waals surface area contributed by atoms with Crippen molar-refractivity contribution in [3.8, 4) is 0 Å². The van der Waals surface area contributed by atoms with E-state index in [1.165, 1.54) is 36.4 Å². The van der Waals surface area contributed by atoms with Crippen LogP contribution in [0.4, 0.5) is 23.7 Å². The highest BCUT2D eigenvalue weighted by atomic mass is 19.4. The molecule has 1 unspecified atom stereocenters. The Morgan fingerprint density at radius 3 is 2.25 bits per heavy atom. The van der Waals surface area contributed by atoms with E-state index in [4.69, 9.17) is 0 Å². The molecule has 9 heteroatoms. The van der Waals surface area contributed by atoms with Crippen molar-refractivity contribution in [3.05, 3.63) is 65.2 Å². The summed E-state index contributed by atoms with van der Waals surface area (Å²) < 4.78 is 41.6. The third-order valence-electron chi connectivity index (χ3n) is 4.53. The van der Waals surface area contributed by atoms with Crippen LogP contribution in [0.2, 0.25) is 0 Å². The highest BCUT2D eigenvalue weighted by Gasteiger charge is 2.69. The summed E-state index contributed by atoms with van der Waals surface area (Å²) in [5.74, 6) is -2.77. The second-order valence-electron chi connectivity index (χ2n) is 6.41. The molecule has 0 aliphatic carbocycles. The van der Waals surface area contributed by atoms with E-state index in [9.17, 15) is 27.6 Å². The number of alkyl halides is 3. The molecule has 0 bridgehead atoms. The molecule has 28 heavy (non-hydrogen) atoms. The average molecular weight is 391 g/mol. The van der Waals surface area contributed by atoms with Crippen molar-refractivity contribution >= 4 is 23.5 Å². The van der Waals surface area contributed by atoms with Crippen molar-refractivity contribution in [1.82, 2.24) is 10.6 Å². The van der Waals surface area contributed by atoms with Gasteiger partial charge in [0, 0.05) is 5.56 Å². The fraction of sp³-hybridized carbons (Fsp3) is 0.211. The Labute approximate surface area is 158 Å². The zero-order valence-electron chi connectivity index (χ0n) is 14.9. The summed E-state index contributed by atoms with van der Waals surface area (Å²) in [6.45, 7) is 3.48. The van der Waals surface area contributed by atoms with Gasteiger partial charge in [0.15, 0.2) is 0 Å². The predicted molar refractivity (Wildman–Crippen MR) is 94.6 cm³/mol. The third kappa shape index (κ3) is 3.08. The van der Waals surface area contributed by atoms with E-state index >= 15 is 0 Å². The molecule has 0 aromatic heterocycles. The molecule has 4 amide bonds. The highest BCUT2D eigenvalue weighted by Crippen LogP contribution is 2.36. The maximum atomic E-state index is 13.9. The Balaban J connectivity index is 2.02. The van der Waals surface area contributed by atoms with Crippen LogP contribution in [-0.4, -0.2) is 29.7 Å². The molecule has 0 spiro atoms. The van der Waals surface area contributed by atoms with Crippen LogP contribution >= 0.6 is 0 Å². The van der Waals surface area contributed by atoms with Gasteiger partial charge in [-0.3, -0.25) is 14.9 Å². The first-order chi connectivity index (χ1) is 13.1. The normalized spacial score (nSPS) is 19.5. The molecule has 3 rings (SSSR count). The van der Waals surface area contributed by atoms with Crippen molar-refractivity contribution < 1.29 is 27.6 Å². The standard InChI is InChI=1S/C19H16F3N3O3/c1-11-8-9-14(10-12(11)2)25-16(27)18(19(20,21)22,24-17(25)28)23-15(26)13-6-4-3-5-7-13/h3-10H,1-2H3,(H,23,26)(H,24,28). The predicted octanol–water partition coefficient (Wildman–Crippen LogP) is 3.05. The maximum absolute atomic E-state index is 13.9. The van der Waals surface area contributed by atoms with Crippen LogP contribution < -0.4 is 15.5 Å². The van der Waals surface area contributed by atoms with Gasteiger partial charge in [-0.25, -0.2) is 9.69 Å². The van der Waals surface area contributed by atoms with E-state index < -0.39 is 29.7 Å². The summed E-state index contributed by atoms with van der Waals surface area (Å²) in [5.41, 5.74) is -2.13. The summed E-state index contributed by atoms with van der Waals surface area (Å²) in [6.07, 6.45) is -5.27. The highest BCUT2D eigenvalue weighted by molar-refractivity contribution is 6.24. The van der Waals surface area contributed by atoms with Gasteiger partial charge in [-0.1, -0.05) is 24.3 Å². The Morgan fingerprint density at radius 2 is 1.68 bits per heavy atom. The van der Waals surface area contributed by atoms with E-state index in [1.54, 1.807) is 36.6 Å². The number of benzene rings is 2. The van der Waals surface area contributed by atoms with Gasteiger partial charge in [0.05, 0.1) is 5.69 Å². The number of urea groups is 1. The lowest BCUT2D eigenvalue weighted by atomic mass is 10.1. The summed E-state index contributed by atoms with van der Waals surface area (Å²) in [5, 5.41) is 3.29. The lowest BCUT2D eigenvalue weighted by Gasteiger charge is -2.29. The second kappa shape index (κ2) is 6.66. The van der Waals surface area contributed by atoms with Gasteiger partial charge in [0.25, 0.3) is 17.5 Å². The lowest BCUT2D eigenvalue weighted by Crippen LogP contribution is -2.69. The Hall–Kier alpha value is -3.36. The fourth-order valence-electron chi connectivity index (χ4n) is 2.81.